The van der Waals surface area contributed by atoms with Crippen LogP contribution in [0.15, 0.2) is 0 Å². The standard InChI is InChI=1S/C4H9N3O2.C4H9NO2/c1-7(4(5)6)2-3(8)9;1-2-3(5)4(6)7/h2H2,1H3,(H3,5,6)(H,8,9);3H,2,5H2,1H3,(H,6,7). The van der Waals surface area contributed by atoms with Crippen molar-refractivity contribution in [3.63, 3.8) is 0 Å². The number of nitrogens with one attached hydrogen (secondary N) is 1. The van der Waals surface area contributed by atoms with Crippen LogP contribution in [-0.4, -0.2) is 52.6 Å². The second-order valence-electron chi connectivity index (χ2n) is 2.99. The van der Waals surface area contributed by atoms with Gasteiger partial charge < -0.3 is 26.6 Å². The lowest BCUT2D eigenvalue weighted by molar-refractivity contribution is -0.139. The number of hydrogen-bond donors (Lipinski definition) is 5. The third-order valence-corrected chi connectivity index (χ3v) is 1.54. The molecule has 8 heteroatoms. The molecule has 0 bridgehead atoms. The molecule has 0 heterocycles. The van der Waals surface area contributed by atoms with Gasteiger partial charge in [0.2, 0.25) is 0 Å². The van der Waals surface area contributed by atoms with E-state index >= 15 is 0 Å². The van der Waals surface area contributed by atoms with Crippen LogP contribution >= 0.6 is 0 Å². The average Bonchev–Trinajstić information content (AvgIpc) is 2.16. The molecule has 94 valence electrons. The second-order valence-corrected chi connectivity index (χ2v) is 2.99. The van der Waals surface area contributed by atoms with E-state index in [1.165, 1.54) is 7.05 Å². The Hall–Kier alpha value is -1.83. The summed E-state index contributed by atoms with van der Waals surface area (Å²) in [5.41, 5.74) is 9.95. The number of nitrogens with two attached hydrogens (primary N) is 2. The minimum atomic E-state index is -0.993. The topological polar surface area (TPSA) is 154 Å². The van der Waals surface area contributed by atoms with Crippen molar-refractivity contribution in [2.24, 2.45) is 11.5 Å². The van der Waals surface area contributed by atoms with Crippen molar-refractivity contribution in [1.29, 1.82) is 5.41 Å². The van der Waals surface area contributed by atoms with Gasteiger partial charge in [0.1, 0.15) is 12.6 Å². The number of nitrogens with zero attached hydrogens (tertiary/aromatic N) is 1. The molecule has 16 heavy (non-hydrogen) atoms. The lowest BCUT2D eigenvalue weighted by Crippen LogP contribution is -2.36. The Morgan fingerprint density at radius 2 is 1.88 bits per heavy atom. The van der Waals surface area contributed by atoms with Gasteiger partial charge in [-0.05, 0) is 6.42 Å². The third kappa shape index (κ3) is 10.3. The number of carbonyl (C=O) groups is 2. The first kappa shape index (κ1) is 16.6. The van der Waals surface area contributed by atoms with E-state index in [1.54, 1.807) is 6.92 Å². The van der Waals surface area contributed by atoms with Gasteiger partial charge in [-0.15, -0.1) is 0 Å². The molecule has 0 spiro atoms. The van der Waals surface area contributed by atoms with Gasteiger partial charge in [0.15, 0.2) is 5.96 Å². The Labute approximate surface area is 93.3 Å². The van der Waals surface area contributed by atoms with Crippen molar-refractivity contribution in [1.82, 2.24) is 4.90 Å². The van der Waals surface area contributed by atoms with E-state index in [2.05, 4.69) is 0 Å². The highest BCUT2D eigenvalue weighted by Crippen LogP contribution is 1.82. The van der Waals surface area contributed by atoms with Gasteiger partial charge in [-0.3, -0.25) is 15.0 Å². The van der Waals surface area contributed by atoms with Crippen LogP contribution in [0.4, 0.5) is 0 Å². The van der Waals surface area contributed by atoms with Crippen LogP contribution in [0, 0.1) is 5.41 Å². The predicted octanol–water partition coefficient (Wildman–Crippen LogP) is -1.30. The molecule has 0 aromatic heterocycles. The van der Waals surface area contributed by atoms with Crippen LogP contribution in [-0.2, 0) is 9.59 Å². The van der Waals surface area contributed by atoms with Crippen LogP contribution in [0.3, 0.4) is 0 Å². The van der Waals surface area contributed by atoms with E-state index in [0.717, 1.165) is 4.90 Å². The zero-order valence-electron chi connectivity index (χ0n) is 9.30. The molecule has 0 amide bonds. The molecule has 0 aliphatic heterocycles. The molecule has 0 saturated carbocycles. The minimum absolute atomic E-state index is 0.227. The van der Waals surface area contributed by atoms with Gasteiger partial charge in [-0.2, -0.15) is 0 Å². The number of hydrogen-bond acceptors (Lipinski definition) is 4. The van der Waals surface area contributed by atoms with Crippen LogP contribution in [0.5, 0.6) is 0 Å². The monoisotopic (exact) mass is 234 g/mol. The summed E-state index contributed by atoms with van der Waals surface area (Å²) in [5.74, 6) is -2.16. The van der Waals surface area contributed by atoms with E-state index in [4.69, 9.17) is 27.1 Å². The minimum Gasteiger partial charge on any atom is -0.480 e. The van der Waals surface area contributed by atoms with Crippen LogP contribution in [0.25, 0.3) is 0 Å². The number of carboxylic acids is 2. The van der Waals surface area contributed by atoms with E-state index < -0.39 is 18.0 Å². The quantitative estimate of drug-likeness (QED) is 0.299. The summed E-state index contributed by atoms with van der Waals surface area (Å²) in [7, 11) is 1.44. The number of rotatable bonds is 4. The molecule has 0 aromatic rings. The Balaban J connectivity index is 0. The molecule has 0 aliphatic carbocycles. The first-order valence-corrected chi connectivity index (χ1v) is 4.47. The Morgan fingerprint density at radius 3 is 1.94 bits per heavy atom. The van der Waals surface area contributed by atoms with Crippen LogP contribution < -0.4 is 11.5 Å². The van der Waals surface area contributed by atoms with Gasteiger partial charge in [0, 0.05) is 7.05 Å². The summed E-state index contributed by atoms with van der Waals surface area (Å²) >= 11 is 0. The highest BCUT2D eigenvalue weighted by molar-refractivity contribution is 5.79. The SMILES string of the molecule is CCC(N)C(=O)O.CN(CC(=O)O)C(=N)N. The highest BCUT2D eigenvalue weighted by Gasteiger charge is 2.05. The zero-order chi connectivity index (χ0) is 13.3. The summed E-state index contributed by atoms with van der Waals surface area (Å²) in [6.45, 7) is 1.51. The van der Waals surface area contributed by atoms with E-state index in [0.29, 0.717) is 6.42 Å². The zero-order valence-corrected chi connectivity index (χ0v) is 9.30. The van der Waals surface area contributed by atoms with Crippen LogP contribution in [0.1, 0.15) is 13.3 Å². The maximum atomic E-state index is 9.92. The maximum Gasteiger partial charge on any atom is 0.323 e. The molecule has 1 atom stereocenters. The fourth-order valence-electron chi connectivity index (χ4n) is 0.463. The normalized spacial score (nSPS) is 10.7. The second kappa shape index (κ2) is 8.48. The molecule has 0 fully saturated rings. The fraction of sp³-hybridized carbons (Fsp3) is 0.625. The first-order valence-electron chi connectivity index (χ1n) is 4.47. The Bertz CT molecular complexity index is 256. The lowest BCUT2D eigenvalue weighted by Gasteiger charge is -2.12. The van der Waals surface area contributed by atoms with Crippen molar-refractivity contribution in [2.45, 2.75) is 19.4 Å². The molecule has 1 unspecified atom stereocenters. The number of carboxylic acid groups (broad SMARTS) is 2. The summed E-state index contributed by atoms with van der Waals surface area (Å²) < 4.78 is 0. The number of likely N-dealkylation sites (N-methyl/N-ethyl adjacent to an activating group) is 1. The predicted molar refractivity (Wildman–Crippen MR) is 58.1 cm³/mol. The van der Waals surface area contributed by atoms with Gasteiger partial charge in [0.25, 0.3) is 0 Å². The Morgan fingerprint density at radius 1 is 1.44 bits per heavy atom. The molecule has 0 aromatic carbocycles. The van der Waals surface area contributed by atoms with E-state index in [9.17, 15) is 9.59 Å². The first-order chi connectivity index (χ1) is 7.22. The molecule has 0 rings (SSSR count). The van der Waals surface area contributed by atoms with E-state index in [-0.39, 0.29) is 12.5 Å². The molecule has 8 nitrogen and oxygen atoms in total. The molecular weight excluding hydrogens is 216 g/mol. The number of guanidine groups is 1. The summed E-state index contributed by atoms with van der Waals surface area (Å²) in [5, 5.41) is 22.9. The van der Waals surface area contributed by atoms with Crippen molar-refractivity contribution < 1.29 is 19.8 Å². The Kier molecular flexibility index (Phi) is 8.79. The smallest absolute Gasteiger partial charge is 0.323 e. The average molecular weight is 234 g/mol. The molecule has 7 N–H and O–H groups in total. The van der Waals surface area contributed by atoms with E-state index in [1.807, 2.05) is 0 Å². The van der Waals surface area contributed by atoms with Crippen LogP contribution in [0.2, 0.25) is 0 Å². The van der Waals surface area contributed by atoms with Crippen molar-refractivity contribution >= 4 is 17.9 Å². The molecule has 0 aliphatic rings. The summed E-state index contributed by atoms with van der Waals surface area (Å²) in [6, 6.07) is -0.681. The largest absolute Gasteiger partial charge is 0.480 e. The maximum absolute atomic E-state index is 9.92. The van der Waals surface area contributed by atoms with Gasteiger partial charge in [-0.1, -0.05) is 6.92 Å². The van der Waals surface area contributed by atoms with Gasteiger partial charge in [-0.25, -0.2) is 0 Å². The highest BCUT2D eigenvalue weighted by atomic mass is 16.4. The van der Waals surface area contributed by atoms with Crippen molar-refractivity contribution in [3.8, 4) is 0 Å². The summed E-state index contributed by atoms with van der Waals surface area (Å²) in [4.78, 5) is 20.9. The van der Waals surface area contributed by atoms with Gasteiger partial charge >= 0.3 is 11.9 Å². The summed E-state index contributed by atoms with van der Waals surface area (Å²) in [6.07, 6.45) is 0.495. The van der Waals surface area contributed by atoms with Crippen molar-refractivity contribution in [2.75, 3.05) is 13.6 Å². The molecular formula is C8H18N4O4. The number of aliphatic carboxylic acids is 2. The molecule has 0 radical (unpaired) electrons. The van der Waals surface area contributed by atoms with Crippen molar-refractivity contribution in [3.05, 3.63) is 0 Å². The molecule has 0 saturated heterocycles. The lowest BCUT2D eigenvalue weighted by atomic mass is 10.2. The fourth-order valence-corrected chi connectivity index (χ4v) is 0.463. The van der Waals surface area contributed by atoms with Gasteiger partial charge in [0.05, 0.1) is 0 Å². The third-order valence-electron chi connectivity index (χ3n) is 1.54.